The molecule has 0 amide bonds. The Balaban J connectivity index is 1.55. The van der Waals surface area contributed by atoms with Crippen LogP contribution in [0.5, 0.6) is 0 Å². The van der Waals surface area contributed by atoms with Crippen LogP contribution in [0.4, 0.5) is 0 Å². The fourth-order valence-corrected chi connectivity index (χ4v) is 15.8. The van der Waals surface area contributed by atoms with Crippen molar-refractivity contribution in [3.05, 3.63) is 72.4 Å². The molecule has 0 bridgehead atoms. The first kappa shape index (κ1) is 18.9. The van der Waals surface area contributed by atoms with E-state index in [0.29, 0.717) is 27.9 Å². The van der Waals surface area contributed by atoms with Crippen molar-refractivity contribution >= 4 is 70.1 Å². The third kappa shape index (κ3) is 3.09. The molecule has 5 heteroatoms. The molecule has 0 spiro atoms. The fourth-order valence-electron chi connectivity index (χ4n) is 5.96. The van der Waals surface area contributed by atoms with Crippen LogP contribution >= 0.6 is 0 Å². The van der Waals surface area contributed by atoms with Gasteiger partial charge in [0.05, 0.1) is 13.6 Å². The summed E-state index contributed by atoms with van der Waals surface area (Å²) in [6, 6.07) is 22.7. The first-order chi connectivity index (χ1) is 18.4. The second-order valence-corrected chi connectivity index (χ2v) is 21.1. The van der Waals surface area contributed by atoms with Crippen LogP contribution in [0.3, 0.4) is 0 Å². The zero-order valence-electron chi connectivity index (χ0n) is 24.1. The average Bonchev–Trinajstić information content (AvgIpc) is 3.27. The molecule has 1 aliphatic rings. The van der Waals surface area contributed by atoms with Crippen molar-refractivity contribution in [1.29, 1.82) is 0 Å². The SMILES string of the molecule is [2H]C([2H])([2H])c1ccc(-c2ncc3c(n2)[Si](C)(C)CC[Si]3(C)C)c2oc3cc4c(ccc5ccccc54)cc3c12. The predicted molar refractivity (Wildman–Crippen MR) is 158 cm³/mol. The molecule has 178 valence electrons. The minimum atomic E-state index is -2.28. The number of hydrogen-bond donors (Lipinski definition) is 0. The first-order valence-corrected chi connectivity index (χ1v) is 19.1. The quantitative estimate of drug-likeness (QED) is 0.171. The molecule has 3 nitrogen and oxygen atoms in total. The largest absolute Gasteiger partial charge is 0.455 e. The molecule has 0 unspecified atom stereocenters. The number of fused-ring (bicyclic) bond motifs is 7. The van der Waals surface area contributed by atoms with Crippen molar-refractivity contribution in [2.75, 3.05) is 0 Å². The van der Waals surface area contributed by atoms with Gasteiger partial charge in [-0.15, -0.1) is 0 Å². The van der Waals surface area contributed by atoms with Crippen molar-refractivity contribution in [3.63, 3.8) is 0 Å². The van der Waals surface area contributed by atoms with Crippen LogP contribution in [0.1, 0.15) is 9.68 Å². The number of aryl methyl sites for hydroxylation is 1. The molecule has 4 aromatic carbocycles. The van der Waals surface area contributed by atoms with Gasteiger partial charge in [-0.3, -0.25) is 0 Å². The van der Waals surface area contributed by atoms with Crippen LogP contribution in [0.2, 0.25) is 38.3 Å². The predicted octanol–water partition coefficient (Wildman–Crippen LogP) is 7.50. The average molecular weight is 506 g/mol. The fraction of sp³-hybridized carbons (Fsp3) is 0.226. The van der Waals surface area contributed by atoms with Crippen LogP contribution in [0, 0.1) is 6.85 Å². The van der Waals surface area contributed by atoms with E-state index in [0.717, 1.165) is 32.5 Å². The van der Waals surface area contributed by atoms with Gasteiger partial charge in [-0.2, -0.15) is 0 Å². The molecule has 1 aliphatic heterocycles. The van der Waals surface area contributed by atoms with Gasteiger partial charge in [0.1, 0.15) is 19.2 Å². The highest BCUT2D eigenvalue weighted by molar-refractivity contribution is 7.02. The second kappa shape index (κ2) is 7.37. The summed E-state index contributed by atoms with van der Waals surface area (Å²) in [6.07, 6.45) is 2.06. The molecule has 7 rings (SSSR count). The maximum absolute atomic E-state index is 8.31. The number of furan rings is 1. The lowest BCUT2D eigenvalue weighted by Gasteiger charge is -2.38. The van der Waals surface area contributed by atoms with Gasteiger partial charge >= 0.3 is 0 Å². The van der Waals surface area contributed by atoms with Gasteiger partial charge in [0.25, 0.3) is 0 Å². The molecule has 0 radical (unpaired) electrons. The summed E-state index contributed by atoms with van der Waals surface area (Å²) in [7, 11) is -3.28. The Morgan fingerprint density at radius 1 is 0.833 bits per heavy atom. The van der Waals surface area contributed by atoms with Crippen molar-refractivity contribution in [3.8, 4) is 11.4 Å². The molecule has 36 heavy (non-hydrogen) atoms. The summed E-state index contributed by atoms with van der Waals surface area (Å²) in [6.45, 7) is 7.34. The van der Waals surface area contributed by atoms with Crippen LogP contribution < -0.4 is 10.5 Å². The van der Waals surface area contributed by atoms with E-state index in [4.69, 9.17) is 18.5 Å². The zero-order valence-corrected chi connectivity index (χ0v) is 23.1. The van der Waals surface area contributed by atoms with Crippen molar-refractivity contribution in [2.45, 2.75) is 45.1 Å². The van der Waals surface area contributed by atoms with E-state index < -0.39 is 23.0 Å². The third-order valence-corrected chi connectivity index (χ3v) is 15.5. The van der Waals surface area contributed by atoms with Crippen LogP contribution in [-0.2, 0) is 0 Å². The van der Waals surface area contributed by atoms with Crippen LogP contribution in [0.25, 0.3) is 54.9 Å². The van der Waals surface area contributed by atoms with Crippen molar-refractivity contribution in [1.82, 2.24) is 9.97 Å². The van der Waals surface area contributed by atoms with Crippen LogP contribution in [-0.4, -0.2) is 26.1 Å². The standard InChI is InChI=1S/C31H30N2OSi2/c1-19-10-13-23(30-32-18-27-31(33-30)36(4,5)15-14-35(27,2)3)29-28(19)25-16-21-12-11-20-8-6-7-9-22(20)24(21)17-26(25)34-29/h6-13,16-18H,14-15H2,1-5H3/i1D3. The molecular formula is C31H30N2OSi2. The van der Waals surface area contributed by atoms with E-state index in [1.165, 1.54) is 22.6 Å². The lowest BCUT2D eigenvalue weighted by molar-refractivity contribution is 0.670. The lowest BCUT2D eigenvalue weighted by atomic mass is 9.98. The Hall–Kier alpha value is -3.29. The van der Waals surface area contributed by atoms with Crippen LogP contribution in [0.15, 0.2) is 71.3 Å². The summed E-state index contributed by atoms with van der Waals surface area (Å²) in [5, 5.41) is 8.52. The van der Waals surface area contributed by atoms with E-state index in [9.17, 15) is 0 Å². The van der Waals surface area contributed by atoms with Gasteiger partial charge in [0.15, 0.2) is 5.82 Å². The maximum Gasteiger partial charge on any atom is 0.162 e. The summed E-state index contributed by atoms with van der Waals surface area (Å²) >= 11 is 0. The highest BCUT2D eigenvalue weighted by atomic mass is 28.3. The number of hydrogen-bond acceptors (Lipinski definition) is 3. The summed E-state index contributed by atoms with van der Waals surface area (Å²) in [5.74, 6) is 0.622. The summed E-state index contributed by atoms with van der Waals surface area (Å²) in [4.78, 5) is 10.1. The van der Waals surface area contributed by atoms with E-state index in [2.05, 4.69) is 68.8 Å². The van der Waals surface area contributed by atoms with E-state index in [1.54, 1.807) is 6.07 Å². The Morgan fingerprint density at radius 3 is 2.50 bits per heavy atom. The molecule has 2 aromatic heterocycles. The molecule has 0 fully saturated rings. The minimum Gasteiger partial charge on any atom is -0.455 e. The maximum atomic E-state index is 8.31. The molecular weight excluding hydrogens is 473 g/mol. The van der Waals surface area contributed by atoms with Crippen molar-refractivity contribution in [2.24, 2.45) is 0 Å². The summed E-state index contributed by atoms with van der Waals surface area (Å²) in [5.41, 5.74) is 2.26. The zero-order chi connectivity index (χ0) is 27.3. The number of aromatic nitrogens is 2. The van der Waals surface area contributed by atoms with Gasteiger partial charge in [0, 0.05) is 26.4 Å². The Kier molecular flexibility index (Phi) is 3.87. The Labute approximate surface area is 217 Å². The molecule has 3 heterocycles. The normalized spacial score (nSPS) is 18.3. The molecule has 0 N–H and O–H groups in total. The highest BCUT2D eigenvalue weighted by Crippen LogP contribution is 2.39. The Morgan fingerprint density at radius 2 is 1.64 bits per heavy atom. The van der Waals surface area contributed by atoms with Gasteiger partial charge in [-0.05, 0) is 57.3 Å². The monoisotopic (exact) mass is 505 g/mol. The van der Waals surface area contributed by atoms with Gasteiger partial charge in [-0.25, -0.2) is 9.97 Å². The van der Waals surface area contributed by atoms with Gasteiger partial charge in [0.2, 0.25) is 0 Å². The Bertz CT molecular complexity index is 1970. The topological polar surface area (TPSA) is 38.9 Å². The van der Waals surface area contributed by atoms with E-state index in [1.807, 2.05) is 18.2 Å². The van der Waals surface area contributed by atoms with Crippen molar-refractivity contribution < 1.29 is 8.53 Å². The number of benzene rings is 4. The summed E-state index contributed by atoms with van der Waals surface area (Å²) < 4.78 is 31.5. The minimum absolute atomic E-state index is 0.293. The second-order valence-electron chi connectivity index (χ2n) is 11.5. The molecule has 6 aromatic rings. The highest BCUT2D eigenvalue weighted by Gasteiger charge is 2.41. The van der Waals surface area contributed by atoms with E-state index in [-0.39, 0.29) is 0 Å². The van der Waals surface area contributed by atoms with E-state index >= 15 is 0 Å². The third-order valence-electron chi connectivity index (χ3n) is 8.26. The number of rotatable bonds is 1. The smallest absolute Gasteiger partial charge is 0.162 e. The number of nitrogens with zero attached hydrogens (tertiary/aromatic N) is 2. The lowest BCUT2D eigenvalue weighted by Crippen LogP contribution is -2.65. The van der Waals surface area contributed by atoms with Gasteiger partial charge < -0.3 is 4.42 Å². The molecule has 0 saturated carbocycles. The molecule has 0 saturated heterocycles. The first-order valence-electron chi connectivity index (χ1n) is 14.1. The molecule has 0 aliphatic carbocycles. The van der Waals surface area contributed by atoms with Gasteiger partial charge in [-0.1, -0.05) is 80.7 Å². The molecule has 0 atom stereocenters.